The summed E-state index contributed by atoms with van der Waals surface area (Å²) in [6.45, 7) is 1.69. The third kappa shape index (κ3) is 17.5. The van der Waals surface area contributed by atoms with Crippen molar-refractivity contribution in [2.45, 2.75) is 71.1 Å². The summed E-state index contributed by atoms with van der Waals surface area (Å²) in [6, 6.07) is 0. The lowest BCUT2D eigenvalue weighted by atomic mass is 10.1. The fraction of sp³-hybridized carbons (Fsp3) is 0.923. The van der Waals surface area contributed by atoms with Crippen LogP contribution < -0.4 is 0 Å². The molecule has 0 heterocycles. The van der Waals surface area contributed by atoms with Crippen molar-refractivity contribution < 1.29 is 21.9 Å². The summed E-state index contributed by atoms with van der Waals surface area (Å²) in [5.74, 6) is 0.270. The predicted octanol–water partition coefficient (Wildman–Crippen LogP) is 3.30. The fourth-order valence-electron chi connectivity index (χ4n) is 1.88. The van der Waals surface area contributed by atoms with Crippen molar-refractivity contribution in [2.75, 3.05) is 6.61 Å². The van der Waals surface area contributed by atoms with Crippen molar-refractivity contribution in [1.29, 1.82) is 0 Å². The molecular weight excluding hydrogens is 268 g/mol. The van der Waals surface area contributed by atoms with Gasteiger partial charge in [-0.2, -0.15) is 8.42 Å². The lowest BCUT2D eigenvalue weighted by Gasteiger charge is -2.02. The molecule has 0 aliphatic carbocycles. The topological polar surface area (TPSA) is 80.7 Å². The molecule has 1 N–H and O–H groups in total. The van der Waals surface area contributed by atoms with Crippen molar-refractivity contribution in [3.05, 3.63) is 0 Å². The standard InChI is InChI=1S/C13H26O5S/c1-13(14)11-9-7-5-3-2-4-6-8-10-12-18-19(15,16)17/h2-12H2,1H3,(H,15,16,17). The number of hydrogen-bond acceptors (Lipinski definition) is 4. The maximum absolute atomic E-state index is 10.7. The normalized spacial score (nSPS) is 11.7. The number of unbranched alkanes of at least 4 members (excludes halogenated alkanes) is 8. The first-order valence-electron chi connectivity index (χ1n) is 7.03. The highest BCUT2D eigenvalue weighted by Crippen LogP contribution is 2.10. The van der Waals surface area contributed by atoms with Gasteiger partial charge in [-0.15, -0.1) is 0 Å². The SMILES string of the molecule is CC(=O)CCCCCCCCCCCOS(=O)(=O)O. The molecule has 0 saturated heterocycles. The summed E-state index contributed by atoms with van der Waals surface area (Å²) in [7, 11) is -4.26. The van der Waals surface area contributed by atoms with Gasteiger partial charge < -0.3 is 4.79 Å². The van der Waals surface area contributed by atoms with Gasteiger partial charge in [0.15, 0.2) is 0 Å². The first kappa shape index (κ1) is 18.5. The van der Waals surface area contributed by atoms with Crippen molar-refractivity contribution in [2.24, 2.45) is 0 Å². The second kappa shape index (κ2) is 11.4. The third-order valence-electron chi connectivity index (χ3n) is 2.91. The monoisotopic (exact) mass is 294 g/mol. The van der Waals surface area contributed by atoms with Crippen molar-refractivity contribution >= 4 is 16.2 Å². The van der Waals surface area contributed by atoms with E-state index in [1.54, 1.807) is 6.92 Å². The van der Waals surface area contributed by atoms with Crippen LogP contribution >= 0.6 is 0 Å². The molecule has 0 aromatic rings. The maximum atomic E-state index is 10.7. The molecule has 0 aromatic carbocycles. The Bertz CT molecular complexity index is 324. The average molecular weight is 294 g/mol. The van der Waals surface area contributed by atoms with E-state index in [0.717, 1.165) is 32.1 Å². The third-order valence-corrected chi connectivity index (χ3v) is 3.37. The van der Waals surface area contributed by atoms with Gasteiger partial charge in [-0.3, -0.25) is 4.55 Å². The zero-order chi connectivity index (χ0) is 14.6. The lowest BCUT2D eigenvalue weighted by molar-refractivity contribution is -0.117. The van der Waals surface area contributed by atoms with Crippen LogP contribution in [-0.2, 0) is 19.4 Å². The van der Waals surface area contributed by atoms with E-state index in [9.17, 15) is 13.2 Å². The summed E-state index contributed by atoms with van der Waals surface area (Å²) >= 11 is 0. The van der Waals surface area contributed by atoms with Crippen LogP contribution in [0.5, 0.6) is 0 Å². The number of hydrogen-bond donors (Lipinski definition) is 1. The van der Waals surface area contributed by atoms with E-state index in [1.807, 2.05) is 0 Å². The Morgan fingerprint density at radius 1 is 0.895 bits per heavy atom. The minimum atomic E-state index is -4.26. The highest BCUT2D eigenvalue weighted by Gasteiger charge is 2.02. The Hall–Kier alpha value is -0.460. The summed E-state index contributed by atoms with van der Waals surface area (Å²) in [6.07, 6.45) is 10.1. The van der Waals surface area contributed by atoms with Crippen LogP contribution in [0.15, 0.2) is 0 Å². The van der Waals surface area contributed by atoms with Gasteiger partial charge in [0.05, 0.1) is 6.61 Å². The van der Waals surface area contributed by atoms with Crippen LogP contribution in [0.4, 0.5) is 0 Å². The summed E-state index contributed by atoms with van der Waals surface area (Å²) in [4.78, 5) is 10.7. The first-order valence-corrected chi connectivity index (χ1v) is 8.39. The highest BCUT2D eigenvalue weighted by atomic mass is 32.3. The van der Waals surface area contributed by atoms with Crippen molar-refractivity contribution in [3.8, 4) is 0 Å². The number of rotatable bonds is 13. The van der Waals surface area contributed by atoms with Gasteiger partial charge in [-0.25, -0.2) is 4.18 Å². The molecule has 0 saturated carbocycles. The van der Waals surface area contributed by atoms with E-state index in [-0.39, 0.29) is 12.4 Å². The lowest BCUT2D eigenvalue weighted by Crippen LogP contribution is -2.04. The second-order valence-corrected chi connectivity index (χ2v) is 5.97. The Morgan fingerprint density at radius 2 is 1.32 bits per heavy atom. The molecule has 0 bridgehead atoms. The molecule has 0 aliphatic rings. The summed E-state index contributed by atoms with van der Waals surface area (Å²) in [5.41, 5.74) is 0. The van der Waals surface area contributed by atoms with Crippen molar-refractivity contribution in [3.63, 3.8) is 0 Å². The molecule has 0 aromatic heterocycles. The number of ketones is 1. The fourth-order valence-corrected chi connectivity index (χ4v) is 2.21. The van der Waals surface area contributed by atoms with Gasteiger partial charge in [-0.1, -0.05) is 44.9 Å². The van der Waals surface area contributed by atoms with Crippen LogP contribution in [-0.4, -0.2) is 25.4 Å². The van der Waals surface area contributed by atoms with Crippen LogP contribution in [0.3, 0.4) is 0 Å². The Kier molecular flexibility index (Phi) is 11.1. The van der Waals surface area contributed by atoms with Crippen molar-refractivity contribution in [1.82, 2.24) is 0 Å². The highest BCUT2D eigenvalue weighted by molar-refractivity contribution is 7.80. The van der Waals surface area contributed by atoms with E-state index in [1.165, 1.54) is 19.3 Å². The van der Waals surface area contributed by atoms with Gasteiger partial charge in [0.2, 0.25) is 0 Å². The molecule has 19 heavy (non-hydrogen) atoms. The Balaban J connectivity index is 3.09. The first-order chi connectivity index (χ1) is 8.92. The van der Waals surface area contributed by atoms with E-state index in [4.69, 9.17) is 4.55 Å². The van der Waals surface area contributed by atoms with Crippen LogP contribution in [0.2, 0.25) is 0 Å². The Labute approximate surface area is 116 Å². The van der Waals surface area contributed by atoms with Crippen LogP contribution in [0.1, 0.15) is 71.1 Å². The van der Waals surface area contributed by atoms with Crippen LogP contribution in [0, 0.1) is 0 Å². The molecule has 0 unspecified atom stereocenters. The van der Waals surface area contributed by atoms with E-state index in [2.05, 4.69) is 4.18 Å². The van der Waals surface area contributed by atoms with Crippen LogP contribution in [0.25, 0.3) is 0 Å². The minimum absolute atomic E-state index is 0.0594. The molecule has 0 atom stereocenters. The maximum Gasteiger partial charge on any atom is 0.397 e. The number of carbonyl (C=O) groups excluding carboxylic acids is 1. The molecule has 0 fully saturated rings. The number of carbonyl (C=O) groups is 1. The van der Waals surface area contributed by atoms with E-state index in [0.29, 0.717) is 12.8 Å². The van der Waals surface area contributed by atoms with Gasteiger partial charge in [-0.05, 0) is 19.8 Å². The predicted molar refractivity (Wildman–Crippen MR) is 74.4 cm³/mol. The molecule has 0 spiro atoms. The molecule has 5 nitrogen and oxygen atoms in total. The Morgan fingerprint density at radius 3 is 1.74 bits per heavy atom. The largest absolute Gasteiger partial charge is 0.397 e. The molecule has 6 heteroatoms. The molecule has 0 radical (unpaired) electrons. The zero-order valence-corrected chi connectivity index (χ0v) is 12.6. The molecule has 0 aliphatic heterocycles. The molecular formula is C13H26O5S. The minimum Gasteiger partial charge on any atom is -0.300 e. The molecule has 0 rings (SSSR count). The quantitative estimate of drug-likeness (QED) is 0.416. The average Bonchev–Trinajstić information content (AvgIpc) is 2.28. The van der Waals surface area contributed by atoms with Gasteiger partial charge in [0.1, 0.15) is 5.78 Å². The smallest absolute Gasteiger partial charge is 0.300 e. The summed E-state index contributed by atoms with van der Waals surface area (Å²) < 4.78 is 33.0. The second-order valence-electron chi connectivity index (χ2n) is 4.88. The van der Waals surface area contributed by atoms with Gasteiger partial charge >= 0.3 is 10.4 Å². The molecule has 114 valence electrons. The summed E-state index contributed by atoms with van der Waals surface area (Å²) in [5, 5.41) is 0. The van der Waals surface area contributed by atoms with E-state index < -0.39 is 10.4 Å². The molecule has 0 amide bonds. The number of Topliss-reactive ketones (excluding diaryl/α,β-unsaturated/α-hetero) is 1. The zero-order valence-electron chi connectivity index (χ0n) is 11.8. The van der Waals surface area contributed by atoms with Gasteiger partial charge in [0, 0.05) is 6.42 Å². The van der Waals surface area contributed by atoms with E-state index >= 15 is 0 Å². The van der Waals surface area contributed by atoms with Gasteiger partial charge in [0.25, 0.3) is 0 Å².